The Kier molecular flexibility index (Phi) is 6.75. The molecule has 7 heteroatoms. The lowest BCUT2D eigenvalue weighted by Gasteiger charge is -2.25. The molecule has 1 aromatic heterocycles. The number of nitrogens with one attached hydrogen (secondary N) is 1. The van der Waals surface area contributed by atoms with Crippen LogP contribution in [-0.4, -0.2) is 26.4 Å². The van der Waals surface area contributed by atoms with Crippen LogP contribution < -0.4 is 5.32 Å². The highest BCUT2D eigenvalue weighted by molar-refractivity contribution is 7.99. The zero-order valence-electron chi connectivity index (χ0n) is 17.0. The van der Waals surface area contributed by atoms with E-state index in [0.717, 1.165) is 29.4 Å². The van der Waals surface area contributed by atoms with Crippen molar-refractivity contribution in [2.45, 2.75) is 50.2 Å². The summed E-state index contributed by atoms with van der Waals surface area (Å²) in [5.74, 6) is 1.03. The van der Waals surface area contributed by atoms with E-state index in [1.807, 2.05) is 12.1 Å². The number of carbonyl (C=O) groups excluding carboxylic acids is 1. The number of halogens is 1. The first-order valence-electron chi connectivity index (χ1n) is 10.3. The van der Waals surface area contributed by atoms with Crippen LogP contribution in [0.15, 0.2) is 53.7 Å². The van der Waals surface area contributed by atoms with Gasteiger partial charge in [-0.2, -0.15) is 0 Å². The van der Waals surface area contributed by atoms with Crippen molar-refractivity contribution in [2.24, 2.45) is 0 Å². The molecule has 1 aliphatic carbocycles. The number of benzene rings is 2. The molecule has 4 rings (SSSR count). The number of aryl methyl sites for hydroxylation is 1. The van der Waals surface area contributed by atoms with Crippen LogP contribution in [0.4, 0.5) is 5.69 Å². The standard InChI is InChI=1S/C23H25ClN4OS/c1-16-11-13-17(14-12-16)22-26-27-23(28(22)18-7-3-2-4-8-18)30-15-21(29)25-20-10-6-5-9-19(20)24/h5-6,9-14,18H,2-4,7-8,15H2,1H3,(H,25,29). The fourth-order valence-electron chi connectivity index (χ4n) is 3.82. The summed E-state index contributed by atoms with van der Waals surface area (Å²) in [7, 11) is 0. The lowest BCUT2D eigenvalue weighted by molar-refractivity contribution is -0.113. The Hall–Kier alpha value is -2.31. The summed E-state index contributed by atoms with van der Waals surface area (Å²) in [6, 6.07) is 16.0. The molecule has 156 valence electrons. The van der Waals surface area contributed by atoms with Gasteiger partial charge in [0.05, 0.1) is 16.5 Å². The van der Waals surface area contributed by atoms with Crippen molar-refractivity contribution in [2.75, 3.05) is 11.1 Å². The number of thioether (sulfide) groups is 1. The first-order chi connectivity index (χ1) is 14.6. The van der Waals surface area contributed by atoms with Crippen LogP contribution in [0.1, 0.15) is 43.7 Å². The van der Waals surface area contributed by atoms with E-state index in [4.69, 9.17) is 11.6 Å². The predicted molar refractivity (Wildman–Crippen MR) is 123 cm³/mol. The Balaban J connectivity index is 1.54. The van der Waals surface area contributed by atoms with Crippen molar-refractivity contribution < 1.29 is 4.79 Å². The lowest BCUT2D eigenvalue weighted by atomic mass is 9.95. The molecule has 2 aromatic carbocycles. The van der Waals surface area contributed by atoms with Gasteiger partial charge in [0.2, 0.25) is 5.91 Å². The molecule has 0 unspecified atom stereocenters. The molecular weight excluding hydrogens is 416 g/mol. The van der Waals surface area contributed by atoms with Crippen molar-refractivity contribution >= 4 is 35.0 Å². The van der Waals surface area contributed by atoms with Gasteiger partial charge in [-0.15, -0.1) is 10.2 Å². The number of amides is 1. The molecule has 3 aromatic rings. The third kappa shape index (κ3) is 4.87. The second-order valence-electron chi connectivity index (χ2n) is 7.65. The Morgan fingerprint density at radius 2 is 1.83 bits per heavy atom. The van der Waals surface area contributed by atoms with E-state index in [-0.39, 0.29) is 11.7 Å². The highest BCUT2D eigenvalue weighted by Crippen LogP contribution is 2.35. The van der Waals surface area contributed by atoms with E-state index in [2.05, 4.69) is 51.3 Å². The van der Waals surface area contributed by atoms with Crippen LogP contribution >= 0.6 is 23.4 Å². The van der Waals surface area contributed by atoms with Crippen molar-refractivity contribution in [1.29, 1.82) is 0 Å². The summed E-state index contributed by atoms with van der Waals surface area (Å²) in [4.78, 5) is 12.5. The smallest absolute Gasteiger partial charge is 0.234 e. The van der Waals surface area contributed by atoms with Crippen molar-refractivity contribution in [1.82, 2.24) is 14.8 Å². The number of carbonyl (C=O) groups is 1. The van der Waals surface area contributed by atoms with Gasteiger partial charge in [0.15, 0.2) is 11.0 Å². The van der Waals surface area contributed by atoms with Crippen molar-refractivity contribution in [3.8, 4) is 11.4 Å². The molecule has 1 aliphatic rings. The van der Waals surface area contributed by atoms with Gasteiger partial charge in [0.25, 0.3) is 0 Å². The summed E-state index contributed by atoms with van der Waals surface area (Å²) in [5.41, 5.74) is 2.90. The molecule has 0 radical (unpaired) electrons. The summed E-state index contributed by atoms with van der Waals surface area (Å²) in [6.07, 6.45) is 5.95. The first-order valence-corrected chi connectivity index (χ1v) is 11.7. The summed E-state index contributed by atoms with van der Waals surface area (Å²) in [5, 5.41) is 13.2. The van der Waals surface area contributed by atoms with Gasteiger partial charge in [-0.1, -0.05) is 84.6 Å². The molecule has 1 amide bonds. The van der Waals surface area contributed by atoms with Crippen LogP contribution in [0, 0.1) is 6.92 Å². The SMILES string of the molecule is Cc1ccc(-c2nnc(SCC(=O)Nc3ccccc3Cl)n2C2CCCCC2)cc1. The topological polar surface area (TPSA) is 59.8 Å². The van der Waals surface area contributed by atoms with Crippen LogP contribution in [0.5, 0.6) is 0 Å². The van der Waals surface area contributed by atoms with E-state index >= 15 is 0 Å². The van der Waals surface area contributed by atoms with Gasteiger partial charge in [0.1, 0.15) is 0 Å². The molecule has 1 saturated carbocycles. The van der Waals surface area contributed by atoms with Crippen LogP contribution in [0.2, 0.25) is 5.02 Å². The van der Waals surface area contributed by atoms with Crippen molar-refractivity contribution in [3.63, 3.8) is 0 Å². The molecule has 0 saturated heterocycles. The van der Waals surface area contributed by atoms with Crippen molar-refractivity contribution in [3.05, 3.63) is 59.1 Å². The van der Waals surface area contributed by atoms with Gasteiger partial charge in [-0.3, -0.25) is 9.36 Å². The normalized spacial score (nSPS) is 14.6. The maximum Gasteiger partial charge on any atom is 0.234 e. The number of hydrogen-bond acceptors (Lipinski definition) is 4. The number of rotatable bonds is 6. The minimum Gasteiger partial charge on any atom is -0.324 e. The summed E-state index contributed by atoms with van der Waals surface area (Å²) >= 11 is 7.57. The van der Waals surface area contributed by atoms with Gasteiger partial charge < -0.3 is 5.32 Å². The highest BCUT2D eigenvalue weighted by Gasteiger charge is 2.24. The second kappa shape index (κ2) is 9.67. The van der Waals surface area contributed by atoms with Gasteiger partial charge in [-0.25, -0.2) is 0 Å². The van der Waals surface area contributed by atoms with E-state index in [1.165, 1.54) is 36.6 Å². The Labute approximate surface area is 186 Å². The van der Waals surface area contributed by atoms with E-state index in [1.54, 1.807) is 12.1 Å². The lowest BCUT2D eigenvalue weighted by Crippen LogP contribution is -2.17. The molecule has 30 heavy (non-hydrogen) atoms. The molecule has 0 spiro atoms. The molecule has 1 fully saturated rings. The Morgan fingerprint density at radius 1 is 1.10 bits per heavy atom. The second-order valence-corrected chi connectivity index (χ2v) is 9.00. The predicted octanol–water partition coefficient (Wildman–Crippen LogP) is 6.14. The zero-order chi connectivity index (χ0) is 20.9. The average molecular weight is 441 g/mol. The molecule has 0 bridgehead atoms. The quantitative estimate of drug-likeness (QED) is 0.467. The maximum atomic E-state index is 12.5. The monoisotopic (exact) mass is 440 g/mol. The molecular formula is C23H25ClN4OS. The van der Waals surface area contributed by atoms with Crippen LogP contribution in [-0.2, 0) is 4.79 Å². The van der Waals surface area contributed by atoms with E-state index in [0.29, 0.717) is 16.8 Å². The van der Waals surface area contributed by atoms with Crippen LogP contribution in [0.3, 0.4) is 0 Å². The largest absolute Gasteiger partial charge is 0.324 e. The summed E-state index contributed by atoms with van der Waals surface area (Å²) in [6.45, 7) is 2.08. The third-order valence-electron chi connectivity index (χ3n) is 5.39. The molecule has 1 heterocycles. The number of anilines is 1. The van der Waals surface area contributed by atoms with E-state index < -0.39 is 0 Å². The van der Waals surface area contributed by atoms with Crippen LogP contribution in [0.25, 0.3) is 11.4 Å². The molecule has 0 aliphatic heterocycles. The number of para-hydroxylation sites is 1. The maximum absolute atomic E-state index is 12.5. The Morgan fingerprint density at radius 3 is 2.57 bits per heavy atom. The summed E-state index contributed by atoms with van der Waals surface area (Å²) < 4.78 is 2.25. The first kappa shape index (κ1) is 20.9. The fourth-order valence-corrected chi connectivity index (χ4v) is 4.81. The molecule has 5 nitrogen and oxygen atoms in total. The highest BCUT2D eigenvalue weighted by atomic mass is 35.5. The molecule has 0 atom stereocenters. The third-order valence-corrected chi connectivity index (χ3v) is 6.67. The fraction of sp³-hybridized carbons (Fsp3) is 0.348. The van der Waals surface area contributed by atoms with Gasteiger partial charge >= 0.3 is 0 Å². The minimum atomic E-state index is -0.108. The van der Waals surface area contributed by atoms with Gasteiger partial charge in [-0.05, 0) is 31.9 Å². The average Bonchev–Trinajstić information content (AvgIpc) is 3.19. The minimum absolute atomic E-state index is 0.108. The zero-order valence-corrected chi connectivity index (χ0v) is 18.5. The van der Waals surface area contributed by atoms with E-state index in [9.17, 15) is 4.79 Å². The number of nitrogens with zero attached hydrogens (tertiary/aromatic N) is 3. The van der Waals surface area contributed by atoms with Gasteiger partial charge in [0, 0.05) is 11.6 Å². The molecule has 1 N–H and O–H groups in total. The number of hydrogen-bond donors (Lipinski definition) is 1. The number of aromatic nitrogens is 3. The Bertz CT molecular complexity index is 1010.